The number of amides is 2. The quantitative estimate of drug-likeness (QED) is 0.879. The summed E-state index contributed by atoms with van der Waals surface area (Å²) in [4.78, 5) is 24.8. The molecule has 0 aliphatic carbocycles. The number of carbonyl (C=O) groups excluding carboxylic acids is 2. The molecular weight excluding hydrogens is 330 g/mol. The van der Waals surface area contributed by atoms with Gasteiger partial charge in [-0.05, 0) is 18.6 Å². The Kier molecular flexibility index (Phi) is 4.98. The zero-order valence-corrected chi connectivity index (χ0v) is 13.2. The molecule has 6 nitrogen and oxygen atoms in total. The molecule has 0 spiro atoms. The maximum absolute atomic E-state index is 13.5. The summed E-state index contributed by atoms with van der Waals surface area (Å²) in [6.07, 6.45) is 0.264. The number of rotatable bonds is 4. The fraction of sp³-hybridized carbons (Fsp3) is 0.429. The minimum atomic E-state index is -3.21. The summed E-state index contributed by atoms with van der Waals surface area (Å²) >= 11 is 0. The Morgan fingerprint density at radius 2 is 2.04 bits per heavy atom. The first-order valence-corrected chi connectivity index (χ1v) is 8.72. The number of hydrogen-bond acceptors (Lipinski definition) is 4. The monoisotopic (exact) mass is 346 g/mol. The highest BCUT2D eigenvalue weighted by molar-refractivity contribution is 7.91. The van der Waals surface area contributed by atoms with Crippen LogP contribution < -0.4 is 5.32 Å². The highest BCUT2D eigenvalue weighted by Crippen LogP contribution is 2.19. The molecule has 1 atom stereocenters. The number of nitrogens with zero attached hydrogens (tertiary/aromatic N) is 1. The lowest BCUT2D eigenvalue weighted by Gasteiger charge is -2.26. The fourth-order valence-electron chi connectivity index (χ4n) is 2.45. The molecule has 1 aliphatic rings. The van der Waals surface area contributed by atoms with Gasteiger partial charge in [0.1, 0.15) is 18.2 Å². The van der Waals surface area contributed by atoms with Crippen LogP contribution in [0.15, 0.2) is 18.2 Å². The molecule has 23 heavy (non-hydrogen) atoms. The number of carbonyl (C=O) groups is 2. The summed E-state index contributed by atoms with van der Waals surface area (Å²) in [5, 5.41) is 2.24. The van der Waals surface area contributed by atoms with Gasteiger partial charge in [-0.1, -0.05) is 0 Å². The first kappa shape index (κ1) is 17.3. The lowest BCUT2D eigenvalue weighted by atomic mass is 10.2. The zero-order chi connectivity index (χ0) is 17.2. The molecule has 1 aliphatic heterocycles. The molecule has 126 valence electrons. The van der Waals surface area contributed by atoms with Crippen molar-refractivity contribution in [2.45, 2.75) is 19.4 Å². The lowest BCUT2D eigenvalue weighted by molar-refractivity contribution is -0.134. The Hall–Kier alpha value is -2.03. The Morgan fingerprint density at radius 1 is 1.35 bits per heavy atom. The van der Waals surface area contributed by atoms with Gasteiger partial charge in [0.2, 0.25) is 11.8 Å². The van der Waals surface area contributed by atoms with Crippen LogP contribution in [-0.2, 0) is 19.4 Å². The van der Waals surface area contributed by atoms with Crippen LogP contribution >= 0.6 is 0 Å². The molecule has 0 saturated carbocycles. The Bertz CT molecular complexity index is 736. The molecule has 0 radical (unpaired) electrons. The van der Waals surface area contributed by atoms with Gasteiger partial charge in [-0.3, -0.25) is 9.59 Å². The van der Waals surface area contributed by atoms with E-state index in [-0.39, 0.29) is 23.6 Å². The van der Waals surface area contributed by atoms with E-state index in [1.54, 1.807) is 0 Å². The van der Waals surface area contributed by atoms with Crippen LogP contribution in [0.3, 0.4) is 0 Å². The topological polar surface area (TPSA) is 83.6 Å². The largest absolute Gasteiger partial charge is 0.330 e. The van der Waals surface area contributed by atoms with Crippen molar-refractivity contribution in [3.8, 4) is 0 Å². The molecule has 1 saturated heterocycles. The molecule has 0 bridgehead atoms. The van der Waals surface area contributed by atoms with Crippen molar-refractivity contribution in [2.75, 3.05) is 23.4 Å². The SMILES string of the molecule is CC(=O)N(CC(=O)Nc1ccc(F)cc1F)C1CCS(=O)(=O)C1. The molecule has 1 fully saturated rings. The van der Waals surface area contributed by atoms with Gasteiger partial charge in [-0.2, -0.15) is 0 Å². The van der Waals surface area contributed by atoms with Crippen LogP contribution in [0.2, 0.25) is 0 Å². The number of hydrogen-bond donors (Lipinski definition) is 1. The Labute approximate surface area is 132 Å². The first-order chi connectivity index (χ1) is 10.7. The molecule has 1 N–H and O–H groups in total. The maximum Gasteiger partial charge on any atom is 0.244 e. The third-order valence-corrected chi connectivity index (χ3v) is 5.32. The predicted molar refractivity (Wildman–Crippen MR) is 79.4 cm³/mol. The zero-order valence-electron chi connectivity index (χ0n) is 12.4. The van der Waals surface area contributed by atoms with Crippen LogP contribution in [0, 0.1) is 11.6 Å². The van der Waals surface area contributed by atoms with Crippen LogP contribution in [-0.4, -0.2) is 49.2 Å². The van der Waals surface area contributed by atoms with Crippen LogP contribution in [0.4, 0.5) is 14.5 Å². The molecule has 0 aromatic heterocycles. The van der Waals surface area contributed by atoms with Crippen molar-refractivity contribution in [1.82, 2.24) is 4.90 Å². The van der Waals surface area contributed by atoms with E-state index in [9.17, 15) is 26.8 Å². The Morgan fingerprint density at radius 3 is 2.57 bits per heavy atom. The standard InChI is InChI=1S/C14H16F2N2O4S/c1-9(19)18(11-4-5-23(21,22)8-11)7-14(20)17-13-3-2-10(15)6-12(13)16/h2-3,6,11H,4-5,7-8H2,1H3,(H,17,20). The van der Waals surface area contributed by atoms with E-state index in [1.807, 2.05) is 0 Å². The summed E-state index contributed by atoms with van der Waals surface area (Å²) in [6, 6.07) is 2.12. The van der Waals surface area contributed by atoms with Gasteiger partial charge in [-0.25, -0.2) is 17.2 Å². The van der Waals surface area contributed by atoms with E-state index in [4.69, 9.17) is 0 Å². The second-order valence-corrected chi connectivity index (χ2v) is 7.60. The van der Waals surface area contributed by atoms with E-state index >= 15 is 0 Å². The number of sulfone groups is 1. The van der Waals surface area contributed by atoms with Gasteiger partial charge >= 0.3 is 0 Å². The van der Waals surface area contributed by atoms with Crippen molar-refractivity contribution < 1.29 is 26.8 Å². The number of nitrogens with one attached hydrogen (secondary N) is 1. The van der Waals surface area contributed by atoms with E-state index < -0.39 is 45.9 Å². The summed E-state index contributed by atoms with van der Waals surface area (Å²) in [6.45, 7) is 0.836. The molecule has 2 amide bonds. The average Bonchev–Trinajstić information content (AvgIpc) is 2.79. The highest BCUT2D eigenvalue weighted by atomic mass is 32.2. The highest BCUT2D eigenvalue weighted by Gasteiger charge is 2.34. The molecule has 1 aromatic rings. The van der Waals surface area contributed by atoms with Crippen LogP contribution in [0.25, 0.3) is 0 Å². The molecule has 1 aromatic carbocycles. The van der Waals surface area contributed by atoms with E-state index in [0.29, 0.717) is 6.07 Å². The van der Waals surface area contributed by atoms with Crippen molar-refractivity contribution >= 4 is 27.3 Å². The van der Waals surface area contributed by atoms with Crippen LogP contribution in [0.5, 0.6) is 0 Å². The lowest BCUT2D eigenvalue weighted by Crippen LogP contribution is -2.44. The van der Waals surface area contributed by atoms with Gasteiger partial charge in [0.25, 0.3) is 0 Å². The summed E-state index contributed by atoms with van der Waals surface area (Å²) in [5.41, 5.74) is -0.209. The Balaban J connectivity index is 2.05. The first-order valence-electron chi connectivity index (χ1n) is 6.90. The van der Waals surface area contributed by atoms with Gasteiger partial charge in [0, 0.05) is 19.0 Å². The van der Waals surface area contributed by atoms with Crippen molar-refractivity contribution in [1.29, 1.82) is 0 Å². The molecular formula is C14H16F2N2O4S. The second kappa shape index (κ2) is 6.61. The minimum Gasteiger partial charge on any atom is -0.330 e. The number of benzene rings is 1. The normalized spacial score (nSPS) is 19.3. The van der Waals surface area contributed by atoms with Gasteiger partial charge in [0.15, 0.2) is 9.84 Å². The van der Waals surface area contributed by atoms with Gasteiger partial charge < -0.3 is 10.2 Å². The smallest absolute Gasteiger partial charge is 0.244 e. The van der Waals surface area contributed by atoms with Crippen molar-refractivity contribution in [2.24, 2.45) is 0 Å². The molecule has 9 heteroatoms. The molecule has 2 rings (SSSR count). The van der Waals surface area contributed by atoms with Crippen LogP contribution in [0.1, 0.15) is 13.3 Å². The van der Waals surface area contributed by atoms with E-state index in [1.165, 1.54) is 6.92 Å². The molecule has 1 unspecified atom stereocenters. The minimum absolute atomic E-state index is 0.0321. The molecule has 1 heterocycles. The number of anilines is 1. The average molecular weight is 346 g/mol. The summed E-state index contributed by atoms with van der Waals surface area (Å²) < 4.78 is 49.3. The summed E-state index contributed by atoms with van der Waals surface area (Å²) in [7, 11) is -3.21. The fourth-order valence-corrected chi connectivity index (χ4v) is 4.18. The second-order valence-electron chi connectivity index (χ2n) is 5.38. The van der Waals surface area contributed by atoms with E-state index in [2.05, 4.69) is 5.32 Å². The van der Waals surface area contributed by atoms with Gasteiger partial charge in [-0.15, -0.1) is 0 Å². The van der Waals surface area contributed by atoms with Crippen molar-refractivity contribution in [3.63, 3.8) is 0 Å². The summed E-state index contributed by atoms with van der Waals surface area (Å²) in [5.74, 6) is -3.06. The maximum atomic E-state index is 13.5. The van der Waals surface area contributed by atoms with Crippen molar-refractivity contribution in [3.05, 3.63) is 29.8 Å². The third-order valence-electron chi connectivity index (χ3n) is 3.57. The third kappa shape index (κ3) is 4.47. The van der Waals surface area contributed by atoms with E-state index in [0.717, 1.165) is 17.0 Å². The number of halogens is 2. The predicted octanol–water partition coefficient (Wildman–Crippen LogP) is 0.939. The van der Waals surface area contributed by atoms with Gasteiger partial charge in [0.05, 0.1) is 17.2 Å².